The van der Waals surface area contributed by atoms with Gasteiger partial charge in [-0.3, -0.25) is 14.2 Å². The summed E-state index contributed by atoms with van der Waals surface area (Å²) in [5, 5.41) is 5.56. The Hall–Kier alpha value is -3.90. The van der Waals surface area contributed by atoms with Gasteiger partial charge in [0.25, 0.3) is 0 Å². The number of primary amides is 1. The van der Waals surface area contributed by atoms with E-state index in [0.29, 0.717) is 42.7 Å². The number of imidazole rings is 1. The van der Waals surface area contributed by atoms with E-state index in [0.717, 1.165) is 0 Å². The number of hydrogen-bond donors (Lipinski definition) is 3. The van der Waals surface area contributed by atoms with Crippen LogP contribution < -0.4 is 16.4 Å². The van der Waals surface area contributed by atoms with Crippen molar-refractivity contribution in [2.24, 2.45) is 11.1 Å². The number of halogens is 1. The predicted octanol–water partition coefficient (Wildman–Crippen LogP) is 1.55. The lowest BCUT2D eigenvalue weighted by Crippen LogP contribution is -2.45. The maximum absolute atomic E-state index is 13.5. The van der Waals surface area contributed by atoms with Crippen LogP contribution >= 0.6 is 0 Å². The van der Waals surface area contributed by atoms with E-state index in [4.69, 9.17) is 20.2 Å². The number of carbonyl (C=O) groups is 2. The molecule has 0 radical (unpaired) electrons. The van der Waals surface area contributed by atoms with Crippen LogP contribution in [0.3, 0.4) is 0 Å². The molecule has 0 atom stereocenters. The van der Waals surface area contributed by atoms with Crippen molar-refractivity contribution in [3.8, 4) is 17.1 Å². The first-order valence-corrected chi connectivity index (χ1v) is 10.9. The highest BCUT2D eigenvalue weighted by atomic mass is 19.1. The second-order valence-electron chi connectivity index (χ2n) is 8.59. The fourth-order valence-corrected chi connectivity index (χ4v) is 3.47. The van der Waals surface area contributed by atoms with Gasteiger partial charge in [-0.15, -0.1) is 0 Å². The molecule has 3 heterocycles. The second-order valence-corrected chi connectivity index (χ2v) is 8.59. The number of benzene rings is 1. The Morgan fingerprint density at radius 1 is 1.20 bits per heavy atom. The van der Waals surface area contributed by atoms with E-state index in [1.165, 1.54) is 25.3 Å². The van der Waals surface area contributed by atoms with E-state index in [9.17, 15) is 14.0 Å². The van der Waals surface area contributed by atoms with Crippen LogP contribution in [0.25, 0.3) is 17.1 Å². The molecule has 0 saturated carbocycles. The zero-order valence-electron chi connectivity index (χ0n) is 19.3. The molecule has 4 N–H and O–H groups in total. The summed E-state index contributed by atoms with van der Waals surface area (Å²) in [4.78, 5) is 35.7. The number of rotatable bonds is 8. The number of nitrogens with two attached hydrogens (primary N) is 1. The SMILES string of the molecule is CC(=O)NCC1(C)COC(c2nc(-c3ccc(F)cc3)cn2-c2ccnc(NCC(N)=O)n2)OC1. The Bertz CT molecular complexity index is 1210. The van der Waals surface area contributed by atoms with Crippen LogP contribution in [0.5, 0.6) is 0 Å². The Kier molecular flexibility index (Phi) is 7.03. The highest BCUT2D eigenvalue weighted by molar-refractivity contribution is 5.78. The molecule has 3 aromatic rings. The molecule has 1 fully saturated rings. The van der Waals surface area contributed by atoms with Crippen LogP contribution in [-0.4, -0.2) is 57.6 Å². The minimum atomic E-state index is -0.813. The van der Waals surface area contributed by atoms with Crippen LogP contribution in [0, 0.1) is 11.2 Å². The van der Waals surface area contributed by atoms with E-state index in [2.05, 4.69) is 20.6 Å². The van der Waals surface area contributed by atoms with Crippen LogP contribution in [0.4, 0.5) is 10.3 Å². The minimum absolute atomic E-state index is 0.122. The topological polar surface area (TPSA) is 146 Å². The molecule has 1 aliphatic heterocycles. The van der Waals surface area contributed by atoms with Crippen molar-refractivity contribution in [2.45, 2.75) is 20.1 Å². The van der Waals surface area contributed by atoms with E-state index >= 15 is 0 Å². The largest absolute Gasteiger partial charge is 0.368 e. The summed E-state index contributed by atoms with van der Waals surface area (Å²) in [6.07, 6.45) is 2.45. The minimum Gasteiger partial charge on any atom is -0.368 e. The summed E-state index contributed by atoms with van der Waals surface area (Å²) in [7, 11) is 0. The van der Waals surface area contributed by atoms with E-state index in [1.54, 1.807) is 29.0 Å². The average Bonchev–Trinajstić information content (AvgIpc) is 3.28. The molecule has 2 aromatic heterocycles. The van der Waals surface area contributed by atoms with Crippen LogP contribution in [0.1, 0.15) is 26.0 Å². The number of aromatic nitrogens is 4. The second kappa shape index (κ2) is 10.2. The van der Waals surface area contributed by atoms with Gasteiger partial charge >= 0.3 is 0 Å². The smallest absolute Gasteiger partial charge is 0.236 e. The van der Waals surface area contributed by atoms with Gasteiger partial charge < -0.3 is 25.8 Å². The standard InChI is InChI=1S/C23H26FN7O4/c1-14(32)28-11-23(2)12-34-21(35-13-23)20-29-17(15-3-5-16(24)6-4-15)10-31(20)19-7-8-26-22(30-19)27-9-18(25)33/h3-8,10,21H,9,11-13H2,1-2H3,(H2,25,33)(H,28,32)(H,26,27,30). The highest BCUT2D eigenvalue weighted by Gasteiger charge is 2.36. The van der Waals surface area contributed by atoms with Crippen LogP contribution in [-0.2, 0) is 19.1 Å². The number of hydrogen-bond acceptors (Lipinski definition) is 8. The maximum Gasteiger partial charge on any atom is 0.236 e. The first-order chi connectivity index (χ1) is 16.7. The van der Waals surface area contributed by atoms with Crippen molar-refractivity contribution in [3.63, 3.8) is 0 Å². The number of ether oxygens (including phenoxy) is 2. The summed E-state index contributed by atoms with van der Waals surface area (Å²) >= 11 is 0. The molecule has 11 nitrogen and oxygen atoms in total. The highest BCUT2D eigenvalue weighted by Crippen LogP contribution is 2.33. The Labute approximate surface area is 200 Å². The summed E-state index contributed by atoms with van der Waals surface area (Å²) in [6.45, 7) is 4.35. The Morgan fingerprint density at radius 2 is 1.91 bits per heavy atom. The molecule has 2 amide bonds. The molecule has 0 aliphatic carbocycles. The number of nitrogens with zero attached hydrogens (tertiary/aromatic N) is 4. The van der Waals surface area contributed by atoms with Crippen molar-refractivity contribution in [3.05, 3.63) is 54.4 Å². The Morgan fingerprint density at radius 3 is 2.57 bits per heavy atom. The van der Waals surface area contributed by atoms with Gasteiger partial charge in [-0.05, 0) is 30.3 Å². The lowest BCUT2D eigenvalue weighted by molar-refractivity contribution is -0.232. The van der Waals surface area contributed by atoms with Gasteiger partial charge in [-0.1, -0.05) is 6.92 Å². The molecule has 1 saturated heterocycles. The molecule has 35 heavy (non-hydrogen) atoms. The third-order valence-corrected chi connectivity index (χ3v) is 5.32. The first-order valence-electron chi connectivity index (χ1n) is 10.9. The lowest BCUT2D eigenvalue weighted by atomic mass is 9.92. The third-order valence-electron chi connectivity index (χ3n) is 5.32. The molecular weight excluding hydrogens is 457 g/mol. The van der Waals surface area contributed by atoms with Crippen molar-refractivity contribution in [2.75, 3.05) is 31.6 Å². The van der Waals surface area contributed by atoms with Crippen molar-refractivity contribution in [1.82, 2.24) is 24.8 Å². The van der Waals surface area contributed by atoms with E-state index in [1.807, 2.05) is 6.92 Å². The van der Waals surface area contributed by atoms with Gasteiger partial charge in [0, 0.05) is 36.8 Å². The van der Waals surface area contributed by atoms with Crippen molar-refractivity contribution in [1.29, 1.82) is 0 Å². The molecule has 12 heteroatoms. The van der Waals surface area contributed by atoms with E-state index < -0.39 is 17.6 Å². The third kappa shape index (κ3) is 5.97. The zero-order valence-corrected chi connectivity index (χ0v) is 19.3. The van der Waals surface area contributed by atoms with Gasteiger partial charge in [-0.25, -0.2) is 14.4 Å². The van der Waals surface area contributed by atoms with Gasteiger partial charge in [0.2, 0.25) is 24.1 Å². The van der Waals surface area contributed by atoms with Crippen LogP contribution in [0.2, 0.25) is 0 Å². The van der Waals surface area contributed by atoms with E-state index in [-0.39, 0.29) is 24.2 Å². The van der Waals surface area contributed by atoms with Gasteiger partial charge in [0.15, 0.2) is 5.82 Å². The maximum atomic E-state index is 13.5. The number of nitrogens with one attached hydrogen (secondary N) is 2. The van der Waals surface area contributed by atoms with Crippen LogP contribution in [0.15, 0.2) is 42.7 Å². The van der Waals surface area contributed by atoms with Gasteiger partial charge in [0.1, 0.15) is 11.6 Å². The fraction of sp³-hybridized carbons (Fsp3) is 0.348. The molecule has 1 aromatic carbocycles. The van der Waals surface area contributed by atoms with Crippen molar-refractivity contribution < 1.29 is 23.5 Å². The van der Waals surface area contributed by atoms with Crippen molar-refractivity contribution >= 4 is 17.8 Å². The molecule has 0 spiro atoms. The Balaban J connectivity index is 1.65. The zero-order chi connectivity index (χ0) is 25.0. The fourth-order valence-electron chi connectivity index (χ4n) is 3.47. The molecular formula is C23H26FN7O4. The molecule has 184 valence electrons. The van der Waals surface area contributed by atoms with Gasteiger partial charge in [0.05, 0.1) is 25.5 Å². The first kappa shape index (κ1) is 24.2. The molecule has 0 bridgehead atoms. The summed E-state index contributed by atoms with van der Waals surface area (Å²) in [5.74, 6) is 0.0427. The molecule has 1 aliphatic rings. The summed E-state index contributed by atoms with van der Waals surface area (Å²) in [6, 6.07) is 7.62. The summed E-state index contributed by atoms with van der Waals surface area (Å²) < 4.78 is 27.2. The number of carbonyl (C=O) groups excluding carboxylic acids is 2. The monoisotopic (exact) mass is 483 g/mol. The van der Waals surface area contributed by atoms with Gasteiger partial charge in [-0.2, -0.15) is 4.98 Å². The quantitative estimate of drug-likeness (QED) is 0.437. The molecule has 0 unspecified atom stereocenters. The lowest BCUT2D eigenvalue weighted by Gasteiger charge is -2.37. The average molecular weight is 484 g/mol. The number of anilines is 1. The normalized spacial score (nSPS) is 19.8. The summed E-state index contributed by atoms with van der Waals surface area (Å²) in [5.41, 5.74) is 6.04. The number of amides is 2. The molecule has 4 rings (SSSR count). The predicted molar refractivity (Wildman–Crippen MR) is 124 cm³/mol.